The van der Waals surface area contributed by atoms with Crippen LogP contribution in [0.1, 0.15) is 29.3 Å². The fourth-order valence-electron chi connectivity index (χ4n) is 3.01. The van der Waals surface area contributed by atoms with E-state index in [9.17, 15) is 0 Å². The van der Waals surface area contributed by atoms with Crippen LogP contribution in [0.2, 0.25) is 0 Å². The molecule has 2 aromatic carbocycles. The molecule has 1 N–H and O–H groups in total. The van der Waals surface area contributed by atoms with E-state index in [1.807, 2.05) is 13.0 Å². The number of aryl methyl sites for hydroxylation is 3. The van der Waals surface area contributed by atoms with E-state index in [1.165, 1.54) is 16.7 Å². The Morgan fingerprint density at radius 3 is 2.31 bits per heavy atom. The second-order valence-electron chi connectivity index (χ2n) is 6.62. The van der Waals surface area contributed by atoms with Gasteiger partial charge in [-0.25, -0.2) is 4.98 Å². The molecule has 1 aromatic heterocycles. The second-order valence-corrected chi connectivity index (χ2v) is 6.62. The Hall–Kier alpha value is -2.88. The van der Waals surface area contributed by atoms with Crippen molar-refractivity contribution in [2.45, 2.75) is 34.2 Å². The molecule has 3 rings (SSSR count). The van der Waals surface area contributed by atoms with E-state index in [0.29, 0.717) is 0 Å². The number of hydrogen-bond donors (Lipinski definition) is 1. The molecule has 134 valence electrons. The minimum atomic E-state index is 0.727. The summed E-state index contributed by atoms with van der Waals surface area (Å²) in [6.07, 6.45) is 0. The van der Waals surface area contributed by atoms with Crippen LogP contribution in [0.3, 0.4) is 0 Å². The van der Waals surface area contributed by atoms with Crippen molar-refractivity contribution in [2.75, 3.05) is 16.8 Å². The number of benzene rings is 2. The zero-order valence-corrected chi connectivity index (χ0v) is 16.0. The monoisotopic (exact) mass is 346 g/mol. The molecule has 3 aromatic rings. The van der Waals surface area contributed by atoms with Crippen LogP contribution in [-0.4, -0.2) is 16.5 Å². The highest BCUT2D eigenvalue weighted by Gasteiger charge is 2.12. The number of hydrogen-bond acceptors (Lipinski definition) is 4. The maximum atomic E-state index is 4.75. The van der Waals surface area contributed by atoms with Gasteiger partial charge in [-0.2, -0.15) is 4.98 Å². The first-order valence-electron chi connectivity index (χ1n) is 9.04. The van der Waals surface area contributed by atoms with Gasteiger partial charge in [-0.3, -0.25) is 0 Å². The van der Waals surface area contributed by atoms with E-state index in [2.05, 4.69) is 84.5 Å². The lowest BCUT2D eigenvalue weighted by atomic mass is 10.1. The van der Waals surface area contributed by atoms with Crippen LogP contribution in [0.25, 0.3) is 0 Å². The smallest absolute Gasteiger partial charge is 0.232 e. The molecular weight excluding hydrogens is 320 g/mol. The van der Waals surface area contributed by atoms with Crippen molar-refractivity contribution in [1.29, 1.82) is 0 Å². The van der Waals surface area contributed by atoms with E-state index in [0.717, 1.165) is 36.2 Å². The Morgan fingerprint density at radius 2 is 1.62 bits per heavy atom. The summed E-state index contributed by atoms with van der Waals surface area (Å²) in [5.41, 5.74) is 5.80. The maximum absolute atomic E-state index is 4.75. The topological polar surface area (TPSA) is 41.1 Å². The van der Waals surface area contributed by atoms with Crippen LogP contribution in [0.4, 0.5) is 17.5 Å². The van der Waals surface area contributed by atoms with E-state index < -0.39 is 0 Å². The highest BCUT2D eigenvalue weighted by atomic mass is 15.3. The Labute approximate surface area is 155 Å². The van der Waals surface area contributed by atoms with Crippen molar-refractivity contribution in [3.8, 4) is 0 Å². The van der Waals surface area contributed by atoms with Crippen molar-refractivity contribution in [2.24, 2.45) is 0 Å². The summed E-state index contributed by atoms with van der Waals surface area (Å²) in [5, 5.41) is 3.43. The van der Waals surface area contributed by atoms with Crippen LogP contribution >= 0.6 is 0 Å². The fraction of sp³-hybridized carbons (Fsp3) is 0.273. The molecule has 0 amide bonds. The molecule has 0 aliphatic carbocycles. The quantitative estimate of drug-likeness (QED) is 0.668. The van der Waals surface area contributed by atoms with E-state index in [-0.39, 0.29) is 0 Å². The summed E-state index contributed by atoms with van der Waals surface area (Å²) >= 11 is 0. The molecule has 4 nitrogen and oxygen atoms in total. The minimum Gasteiger partial charge on any atom is -0.366 e. The summed E-state index contributed by atoms with van der Waals surface area (Å²) in [6, 6.07) is 18.9. The highest BCUT2D eigenvalue weighted by Crippen LogP contribution is 2.24. The summed E-state index contributed by atoms with van der Waals surface area (Å²) in [6.45, 7) is 9.89. The lowest BCUT2D eigenvalue weighted by Crippen LogP contribution is -2.20. The first-order chi connectivity index (χ1) is 12.5. The molecule has 0 saturated carbocycles. The third kappa shape index (κ3) is 4.39. The van der Waals surface area contributed by atoms with E-state index in [4.69, 9.17) is 4.98 Å². The van der Waals surface area contributed by atoms with Crippen molar-refractivity contribution < 1.29 is 0 Å². The lowest BCUT2D eigenvalue weighted by molar-refractivity contribution is 0.929. The van der Waals surface area contributed by atoms with Gasteiger partial charge in [-0.1, -0.05) is 42.0 Å². The van der Waals surface area contributed by atoms with Gasteiger partial charge in [0, 0.05) is 30.5 Å². The molecule has 0 aliphatic heterocycles. The molecule has 0 atom stereocenters. The molecule has 1 heterocycles. The van der Waals surface area contributed by atoms with Crippen molar-refractivity contribution in [1.82, 2.24) is 9.97 Å². The molecule has 0 bridgehead atoms. The molecule has 0 aliphatic rings. The number of nitrogens with zero attached hydrogens (tertiary/aromatic N) is 3. The van der Waals surface area contributed by atoms with Crippen molar-refractivity contribution in [3.63, 3.8) is 0 Å². The lowest BCUT2D eigenvalue weighted by Gasteiger charge is -2.22. The van der Waals surface area contributed by atoms with Crippen LogP contribution in [0.5, 0.6) is 0 Å². The number of aromatic nitrogens is 2. The SMILES string of the molecule is CCN(c1cccc(C)c1)c1nc(C)cc(NCc2cccc(C)c2)n1. The Bertz CT molecular complexity index is 889. The predicted molar refractivity (Wildman–Crippen MR) is 109 cm³/mol. The summed E-state index contributed by atoms with van der Waals surface area (Å²) < 4.78 is 0. The van der Waals surface area contributed by atoms with Gasteiger partial charge < -0.3 is 10.2 Å². The molecule has 0 saturated heterocycles. The molecular formula is C22H26N4. The molecule has 0 radical (unpaired) electrons. The van der Waals surface area contributed by atoms with Crippen LogP contribution in [0, 0.1) is 20.8 Å². The maximum Gasteiger partial charge on any atom is 0.232 e. The zero-order valence-electron chi connectivity index (χ0n) is 16.0. The Morgan fingerprint density at radius 1 is 0.885 bits per heavy atom. The third-order valence-electron chi connectivity index (χ3n) is 4.27. The second kappa shape index (κ2) is 8.00. The molecule has 0 unspecified atom stereocenters. The first-order valence-corrected chi connectivity index (χ1v) is 9.04. The Balaban J connectivity index is 1.84. The van der Waals surface area contributed by atoms with Crippen molar-refractivity contribution >= 4 is 17.5 Å². The normalized spacial score (nSPS) is 10.6. The third-order valence-corrected chi connectivity index (χ3v) is 4.27. The van der Waals surface area contributed by atoms with E-state index in [1.54, 1.807) is 0 Å². The average molecular weight is 346 g/mol. The first kappa shape index (κ1) is 17.9. The average Bonchev–Trinajstić information content (AvgIpc) is 2.60. The summed E-state index contributed by atoms with van der Waals surface area (Å²) in [7, 11) is 0. The van der Waals surface area contributed by atoms with E-state index >= 15 is 0 Å². The summed E-state index contributed by atoms with van der Waals surface area (Å²) in [4.78, 5) is 11.5. The molecule has 0 spiro atoms. The van der Waals surface area contributed by atoms with Gasteiger partial charge >= 0.3 is 0 Å². The van der Waals surface area contributed by atoms with Gasteiger partial charge in [-0.15, -0.1) is 0 Å². The van der Waals surface area contributed by atoms with Gasteiger partial charge in [0.05, 0.1) is 0 Å². The standard InChI is InChI=1S/C22H26N4/c1-5-26(20-11-7-9-17(3)13-20)22-24-18(4)14-21(25-22)23-15-19-10-6-8-16(2)12-19/h6-14H,5,15H2,1-4H3,(H,23,24,25). The fourth-order valence-corrected chi connectivity index (χ4v) is 3.01. The predicted octanol–water partition coefficient (Wildman–Crippen LogP) is 5.17. The van der Waals surface area contributed by atoms with Gasteiger partial charge in [0.25, 0.3) is 0 Å². The Kier molecular flexibility index (Phi) is 5.52. The van der Waals surface area contributed by atoms with Crippen molar-refractivity contribution in [3.05, 3.63) is 77.0 Å². The van der Waals surface area contributed by atoms with Gasteiger partial charge in [0.15, 0.2) is 0 Å². The van der Waals surface area contributed by atoms with Crippen LogP contribution in [0.15, 0.2) is 54.6 Å². The van der Waals surface area contributed by atoms with Gasteiger partial charge in [-0.05, 0) is 51.0 Å². The number of rotatable bonds is 6. The van der Waals surface area contributed by atoms with Crippen LogP contribution < -0.4 is 10.2 Å². The highest BCUT2D eigenvalue weighted by molar-refractivity contribution is 5.59. The van der Waals surface area contributed by atoms with Gasteiger partial charge in [0.1, 0.15) is 5.82 Å². The molecule has 4 heteroatoms. The van der Waals surface area contributed by atoms with Gasteiger partial charge in [0.2, 0.25) is 5.95 Å². The number of anilines is 3. The zero-order chi connectivity index (χ0) is 18.5. The molecule has 26 heavy (non-hydrogen) atoms. The largest absolute Gasteiger partial charge is 0.366 e. The number of nitrogens with one attached hydrogen (secondary N) is 1. The minimum absolute atomic E-state index is 0.727. The van der Waals surface area contributed by atoms with Crippen LogP contribution in [-0.2, 0) is 6.54 Å². The molecule has 0 fully saturated rings. The summed E-state index contributed by atoms with van der Waals surface area (Å²) in [5.74, 6) is 1.57.